The van der Waals surface area contributed by atoms with Gasteiger partial charge in [0.1, 0.15) is 5.75 Å². The maximum absolute atomic E-state index is 12.1. The Bertz CT molecular complexity index is 441. The Kier molecular flexibility index (Phi) is 4.76. The normalized spacial score (nSPS) is 11.2. The van der Waals surface area contributed by atoms with Crippen LogP contribution in [0.1, 0.15) is 20.3 Å². The molecule has 0 aliphatic heterocycles. The average molecular weight is 315 g/mol. The van der Waals surface area contributed by atoms with Gasteiger partial charge in [0.25, 0.3) is 0 Å². The van der Waals surface area contributed by atoms with Gasteiger partial charge >= 0.3 is 0 Å². The minimum absolute atomic E-state index is 0.0427. The van der Waals surface area contributed by atoms with Gasteiger partial charge in [-0.1, -0.05) is 15.9 Å². The number of carbonyl (C=O) groups excluding carboxylic acids is 1. The van der Waals surface area contributed by atoms with Crippen LogP contribution in [-0.2, 0) is 4.79 Å². The summed E-state index contributed by atoms with van der Waals surface area (Å²) in [6.07, 6.45) is 0.277. The average Bonchev–Trinajstić information content (AvgIpc) is 2.25. The Morgan fingerprint density at radius 3 is 2.61 bits per heavy atom. The molecule has 5 heteroatoms. The lowest BCUT2D eigenvalue weighted by Crippen LogP contribution is -2.40. The van der Waals surface area contributed by atoms with Gasteiger partial charge in [-0.05, 0) is 32.0 Å². The number of ether oxygens (including phenoxy) is 1. The molecule has 0 aromatic heterocycles. The van der Waals surface area contributed by atoms with E-state index in [-0.39, 0.29) is 12.3 Å². The van der Waals surface area contributed by atoms with Crippen LogP contribution in [0.5, 0.6) is 5.75 Å². The second kappa shape index (κ2) is 5.71. The summed E-state index contributed by atoms with van der Waals surface area (Å²) in [4.78, 5) is 13.7. The van der Waals surface area contributed by atoms with E-state index in [1.54, 1.807) is 19.1 Å². The van der Waals surface area contributed by atoms with Crippen LogP contribution < -0.4 is 15.4 Å². The van der Waals surface area contributed by atoms with Crippen molar-refractivity contribution in [3.8, 4) is 5.75 Å². The van der Waals surface area contributed by atoms with E-state index in [1.165, 1.54) is 0 Å². The van der Waals surface area contributed by atoms with Crippen LogP contribution in [-0.4, -0.2) is 25.6 Å². The Labute approximate surface area is 116 Å². The molecule has 0 saturated heterocycles. The topological polar surface area (TPSA) is 55.6 Å². The lowest BCUT2D eigenvalue weighted by atomic mass is 10.0. The molecule has 0 aliphatic rings. The molecule has 0 bridgehead atoms. The highest BCUT2D eigenvalue weighted by Gasteiger charge is 2.22. The third-order valence-corrected chi connectivity index (χ3v) is 2.98. The van der Waals surface area contributed by atoms with E-state index >= 15 is 0 Å². The highest BCUT2D eigenvalue weighted by molar-refractivity contribution is 9.10. The molecular weight excluding hydrogens is 296 g/mol. The molecule has 100 valence electrons. The Hall–Kier alpha value is -1.07. The van der Waals surface area contributed by atoms with Crippen LogP contribution in [0.4, 0.5) is 5.69 Å². The largest absolute Gasteiger partial charge is 0.495 e. The van der Waals surface area contributed by atoms with Crippen molar-refractivity contribution in [3.05, 3.63) is 22.7 Å². The monoisotopic (exact) mass is 314 g/mol. The number of methoxy groups -OCH3 is 1. The molecule has 0 spiro atoms. The van der Waals surface area contributed by atoms with Crippen molar-refractivity contribution in [1.29, 1.82) is 0 Å². The molecule has 1 aromatic carbocycles. The van der Waals surface area contributed by atoms with Crippen LogP contribution >= 0.6 is 15.9 Å². The van der Waals surface area contributed by atoms with Crippen LogP contribution in [0, 0.1) is 0 Å². The highest BCUT2D eigenvalue weighted by Crippen LogP contribution is 2.31. The number of carbonyl (C=O) groups is 1. The molecular formula is C13H19BrN2O2. The van der Waals surface area contributed by atoms with Gasteiger partial charge in [-0.2, -0.15) is 0 Å². The zero-order chi connectivity index (χ0) is 13.9. The first-order chi connectivity index (χ1) is 8.24. The second-order valence-electron chi connectivity index (χ2n) is 4.93. The number of benzene rings is 1. The summed E-state index contributed by atoms with van der Waals surface area (Å²) < 4.78 is 6.15. The summed E-state index contributed by atoms with van der Waals surface area (Å²) in [7, 11) is 3.30. The standard InChI is InChI=1S/C13H19BrN2O2/c1-13(2,15)8-12(17)16(3)10-7-9(14)5-6-11(10)18-4/h5-7H,8,15H2,1-4H3. The minimum atomic E-state index is -0.523. The molecule has 0 atom stereocenters. The first kappa shape index (κ1) is 15.0. The fourth-order valence-corrected chi connectivity index (χ4v) is 1.92. The zero-order valence-electron chi connectivity index (χ0n) is 11.2. The zero-order valence-corrected chi connectivity index (χ0v) is 12.7. The van der Waals surface area contributed by atoms with E-state index in [2.05, 4.69) is 15.9 Å². The van der Waals surface area contributed by atoms with Gasteiger partial charge in [0.2, 0.25) is 5.91 Å². The van der Waals surface area contributed by atoms with Crippen LogP contribution in [0.25, 0.3) is 0 Å². The predicted molar refractivity (Wildman–Crippen MR) is 77.0 cm³/mol. The quantitative estimate of drug-likeness (QED) is 0.929. The van der Waals surface area contributed by atoms with Crippen molar-refractivity contribution in [2.45, 2.75) is 25.8 Å². The van der Waals surface area contributed by atoms with Gasteiger partial charge in [-0.3, -0.25) is 4.79 Å². The molecule has 0 aliphatic carbocycles. The number of rotatable bonds is 4. The van der Waals surface area contributed by atoms with Crippen LogP contribution in [0.2, 0.25) is 0 Å². The summed E-state index contributed by atoms with van der Waals surface area (Å²) in [5.74, 6) is 0.614. The molecule has 0 heterocycles. The third-order valence-electron chi connectivity index (χ3n) is 2.48. The Balaban J connectivity index is 2.99. The van der Waals surface area contributed by atoms with E-state index in [9.17, 15) is 4.79 Å². The molecule has 4 nitrogen and oxygen atoms in total. The molecule has 0 fully saturated rings. The van der Waals surface area contributed by atoms with Gasteiger partial charge < -0.3 is 15.4 Å². The third kappa shape index (κ3) is 3.99. The fourth-order valence-electron chi connectivity index (χ4n) is 1.57. The molecule has 0 unspecified atom stereocenters. The van der Waals surface area contributed by atoms with Gasteiger partial charge in [0.15, 0.2) is 0 Å². The number of nitrogens with two attached hydrogens (primary N) is 1. The number of anilines is 1. The SMILES string of the molecule is COc1ccc(Br)cc1N(C)C(=O)CC(C)(C)N. The summed E-state index contributed by atoms with van der Waals surface area (Å²) in [6.45, 7) is 3.66. The fraction of sp³-hybridized carbons (Fsp3) is 0.462. The van der Waals surface area contributed by atoms with E-state index < -0.39 is 5.54 Å². The minimum Gasteiger partial charge on any atom is -0.495 e. The molecule has 1 aromatic rings. The first-order valence-corrected chi connectivity index (χ1v) is 6.43. The van der Waals surface area contributed by atoms with Gasteiger partial charge in [-0.15, -0.1) is 0 Å². The predicted octanol–water partition coefficient (Wildman–Crippen LogP) is 2.55. The summed E-state index contributed by atoms with van der Waals surface area (Å²) in [6, 6.07) is 5.53. The number of nitrogens with zero attached hydrogens (tertiary/aromatic N) is 1. The van der Waals surface area contributed by atoms with E-state index in [0.717, 1.165) is 10.2 Å². The molecule has 0 saturated carbocycles. The molecule has 2 N–H and O–H groups in total. The number of halogens is 1. The lowest BCUT2D eigenvalue weighted by Gasteiger charge is -2.24. The van der Waals surface area contributed by atoms with Crippen molar-refractivity contribution >= 4 is 27.5 Å². The van der Waals surface area contributed by atoms with Crippen molar-refractivity contribution in [1.82, 2.24) is 0 Å². The lowest BCUT2D eigenvalue weighted by molar-refractivity contribution is -0.119. The molecule has 1 amide bonds. The van der Waals surface area contributed by atoms with Crippen molar-refractivity contribution in [2.24, 2.45) is 5.73 Å². The van der Waals surface area contributed by atoms with E-state index in [4.69, 9.17) is 10.5 Å². The maximum Gasteiger partial charge on any atom is 0.228 e. The van der Waals surface area contributed by atoms with Gasteiger partial charge in [0.05, 0.1) is 12.8 Å². The number of hydrogen-bond acceptors (Lipinski definition) is 3. The van der Waals surface area contributed by atoms with Gasteiger partial charge in [-0.25, -0.2) is 0 Å². The van der Waals surface area contributed by atoms with Crippen LogP contribution in [0.15, 0.2) is 22.7 Å². The van der Waals surface area contributed by atoms with Gasteiger partial charge in [0, 0.05) is 23.5 Å². The molecule has 0 radical (unpaired) electrons. The van der Waals surface area contributed by atoms with Crippen molar-refractivity contribution < 1.29 is 9.53 Å². The number of amides is 1. The van der Waals surface area contributed by atoms with E-state index in [0.29, 0.717) is 5.75 Å². The second-order valence-corrected chi connectivity index (χ2v) is 5.85. The van der Waals surface area contributed by atoms with E-state index in [1.807, 2.05) is 32.0 Å². The number of hydrogen-bond donors (Lipinski definition) is 1. The summed E-state index contributed by atoms with van der Waals surface area (Å²) in [5.41, 5.74) is 6.06. The Morgan fingerprint density at radius 2 is 2.11 bits per heavy atom. The highest BCUT2D eigenvalue weighted by atomic mass is 79.9. The van der Waals surface area contributed by atoms with Crippen LogP contribution in [0.3, 0.4) is 0 Å². The Morgan fingerprint density at radius 1 is 1.50 bits per heavy atom. The smallest absolute Gasteiger partial charge is 0.228 e. The summed E-state index contributed by atoms with van der Waals surface area (Å²) in [5, 5.41) is 0. The molecule has 18 heavy (non-hydrogen) atoms. The first-order valence-electron chi connectivity index (χ1n) is 5.63. The van der Waals surface area contributed by atoms with Crippen molar-refractivity contribution in [2.75, 3.05) is 19.1 Å². The maximum atomic E-state index is 12.1. The summed E-state index contributed by atoms with van der Waals surface area (Å²) >= 11 is 3.39. The van der Waals surface area contributed by atoms with Crippen molar-refractivity contribution in [3.63, 3.8) is 0 Å². The molecule has 1 rings (SSSR count).